The number of aromatic nitrogens is 2. The zero-order valence-corrected chi connectivity index (χ0v) is 12.8. The van der Waals surface area contributed by atoms with Crippen molar-refractivity contribution < 1.29 is 0 Å². The van der Waals surface area contributed by atoms with Crippen LogP contribution >= 0.6 is 11.6 Å². The summed E-state index contributed by atoms with van der Waals surface area (Å²) in [5, 5.41) is 3.92. The van der Waals surface area contributed by atoms with Gasteiger partial charge in [-0.3, -0.25) is 0 Å². The van der Waals surface area contributed by atoms with E-state index in [4.69, 9.17) is 11.6 Å². The molecule has 1 aromatic carbocycles. The molecule has 5 heteroatoms. The van der Waals surface area contributed by atoms with Gasteiger partial charge in [0.1, 0.15) is 5.82 Å². The molecule has 0 amide bonds. The van der Waals surface area contributed by atoms with Gasteiger partial charge < -0.3 is 10.2 Å². The minimum absolute atomic E-state index is 0.606. The maximum Gasteiger partial charge on any atom is 0.229 e. The molecule has 0 fully saturated rings. The van der Waals surface area contributed by atoms with Gasteiger partial charge in [-0.1, -0.05) is 11.6 Å². The minimum Gasteiger partial charge on any atom is -0.357 e. The molecule has 4 nitrogen and oxygen atoms in total. The first kappa shape index (κ1) is 14.6. The summed E-state index contributed by atoms with van der Waals surface area (Å²) in [5.41, 5.74) is 1.86. The fourth-order valence-electron chi connectivity index (χ4n) is 1.98. The fraction of sp³-hybridized carbons (Fsp3) is 0.333. The fourth-order valence-corrected chi connectivity index (χ4v) is 2.11. The topological polar surface area (TPSA) is 41.1 Å². The van der Waals surface area contributed by atoms with Crippen molar-refractivity contribution >= 4 is 29.1 Å². The van der Waals surface area contributed by atoms with E-state index in [-0.39, 0.29) is 0 Å². The Morgan fingerprint density at radius 3 is 2.35 bits per heavy atom. The number of halogens is 1. The number of aryl methyl sites for hydroxylation is 1. The summed E-state index contributed by atoms with van der Waals surface area (Å²) >= 11 is 5.88. The van der Waals surface area contributed by atoms with Gasteiger partial charge in [-0.25, -0.2) is 4.98 Å². The highest BCUT2D eigenvalue weighted by atomic mass is 35.5. The van der Waals surface area contributed by atoms with Crippen molar-refractivity contribution in [2.45, 2.75) is 20.8 Å². The van der Waals surface area contributed by atoms with Crippen LogP contribution in [0.5, 0.6) is 0 Å². The van der Waals surface area contributed by atoms with E-state index < -0.39 is 0 Å². The molecule has 2 aromatic rings. The maximum absolute atomic E-state index is 5.88. The first-order valence-electron chi connectivity index (χ1n) is 6.75. The third kappa shape index (κ3) is 3.61. The largest absolute Gasteiger partial charge is 0.357 e. The summed E-state index contributed by atoms with van der Waals surface area (Å²) in [7, 11) is 0. The molecule has 0 saturated heterocycles. The van der Waals surface area contributed by atoms with Crippen molar-refractivity contribution in [3.05, 3.63) is 41.0 Å². The highest BCUT2D eigenvalue weighted by molar-refractivity contribution is 6.30. The minimum atomic E-state index is 0.606. The number of rotatable bonds is 5. The van der Waals surface area contributed by atoms with Crippen LogP contribution in [0.25, 0.3) is 0 Å². The number of benzene rings is 1. The van der Waals surface area contributed by atoms with E-state index in [0.29, 0.717) is 11.0 Å². The van der Waals surface area contributed by atoms with Gasteiger partial charge in [-0.15, -0.1) is 0 Å². The Balaban J connectivity index is 2.25. The molecule has 1 N–H and O–H groups in total. The number of nitrogens with one attached hydrogen (secondary N) is 1. The van der Waals surface area contributed by atoms with E-state index in [9.17, 15) is 0 Å². The van der Waals surface area contributed by atoms with Gasteiger partial charge in [-0.2, -0.15) is 4.98 Å². The molecule has 0 unspecified atom stereocenters. The smallest absolute Gasteiger partial charge is 0.229 e. The average molecular weight is 291 g/mol. The second-order valence-electron chi connectivity index (χ2n) is 4.50. The Morgan fingerprint density at radius 1 is 1.10 bits per heavy atom. The summed E-state index contributed by atoms with van der Waals surface area (Å²) < 4.78 is 0. The summed E-state index contributed by atoms with van der Waals surface area (Å²) in [6.45, 7) is 8.06. The molecule has 0 saturated carbocycles. The lowest BCUT2D eigenvalue weighted by atomic mass is 10.3. The highest BCUT2D eigenvalue weighted by Crippen LogP contribution is 2.19. The van der Waals surface area contributed by atoms with Gasteiger partial charge in [0, 0.05) is 35.6 Å². The third-order valence-electron chi connectivity index (χ3n) is 3.03. The Labute approximate surface area is 124 Å². The van der Waals surface area contributed by atoms with Gasteiger partial charge >= 0.3 is 0 Å². The molecule has 0 aliphatic carbocycles. The number of anilines is 3. The van der Waals surface area contributed by atoms with Gasteiger partial charge in [0.05, 0.1) is 0 Å². The summed E-state index contributed by atoms with van der Waals surface area (Å²) in [4.78, 5) is 11.2. The van der Waals surface area contributed by atoms with Crippen LogP contribution in [-0.4, -0.2) is 23.1 Å². The predicted molar refractivity (Wildman–Crippen MR) is 85.1 cm³/mol. The molecule has 0 spiro atoms. The standard InChI is InChI=1S/C15H19ClN4/c1-4-20(5-2)14-10-11(3)17-15(19-14)18-13-8-6-12(16)7-9-13/h6-10H,4-5H2,1-3H3,(H,17,18,19). The van der Waals surface area contributed by atoms with Crippen LogP contribution in [0.4, 0.5) is 17.5 Å². The highest BCUT2D eigenvalue weighted by Gasteiger charge is 2.07. The van der Waals surface area contributed by atoms with E-state index in [1.807, 2.05) is 37.3 Å². The normalized spacial score (nSPS) is 10.4. The quantitative estimate of drug-likeness (QED) is 0.903. The molecule has 20 heavy (non-hydrogen) atoms. The van der Waals surface area contributed by atoms with Gasteiger partial charge in [0.15, 0.2) is 0 Å². The molecule has 106 valence electrons. The van der Waals surface area contributed by atoms with Crippen molar-refractivity contribution in [2.75, 3.05) is 23.3 Å². The lowest BCUT2D eigenvalue weighted by molar-refractivity contribution is 0.840. The van der Waals surface area contributed by atoms with Crippen LogP contribution in [0.3, 0.4) is 0 Å². The average Bonchev–Trinajstić information content (AvgIpc) is 2.42. The molecule has 0 atom stereocenters. The third-order valence-corrected chi connectivity index (χ3v) is 3.28. The van der Waals surface area contributed by atoms with Crippen molar-refractivity contribution in [2.24, 2.45) is 0 Å². The van der Waals surface area contributed by atoms with Gasteiger partial charge in [0.2, 0.25) is 5.95 Å². The van der Waals surface area contributed by atoms with Gasteiger partial charge in [-0.05, 0) is 45.0 Å². The summed E-state index contributed by atoms with van der Waals surface area (Å²) in [5.74, 6) is 1.55. The zero-order chi connectivity index (χ0) is 14.5. The summed E-state index contributed by atoms with van der Waals surface area (Å²) in [6.07, 6.45) is 0. The number of hydrogen-bond acceptors (Lipinski definition) is 4. The SMILES string of the molecule is CCN(CC)c1cc(C)nc(Nc2ccc(Cl)cc2)n1. The van der Waals surface area contributed by atoms with Crippen molar-refractivity contribution in [3.63, 3.8) is 0 Å². The Kier molecular flexibility index (Phi) is 4.79. The molecular weight excluding hydrogens is 272 g/mol. The lowest BCUT2D eigenvalue weighted by Crippen LogP contribution is -2.23. The first-order valence-corrected chi connectivity index (χ1v) is 7.13. The lowest BCUT2D eigenvalue weighted by Gasteiger charge is -2.20. The number of hydrogen-bond donors (Lipinski definition) is 1. The molecule has 1 heterocycles. The Hall–Kier alpha value is -1.81. The van der Waals surface area contributed by atoms with Crippen LogP contribution in [0, 0.1) is 6.92 Å². The van der Waals surface area contributed by atoms with Crippen molar-refractivity contribution in [3.8, 4) is 0 Å². The molecule has 2 rings (SSSR count). The second-order valence-corrected chi connectivity index (χ2v) is 4.93. The van der Waals surface area contributed by atoms with E-state index in [0.717, 1.165) is 30.3 Å². The van der Waals surface area contributed by atoms with Gasteiger partial charge in [0.25, 0.3) is 0 Å². The van der Waals surface area contributed by atoms with Crippen LogP contribution in [-0.2, 0) is 0 Å². The molecule has 0 aliphatic heterocycles. The van der Waals surface area contributed by atoms with Crippen molar-refractivity contribution in [1.29, 1.82) is 0 Å². The predicted octanol–water partition coefficient (Wildman–Crippen LogP) is 4.03. The van der Waals surface area contributed by atoms with Crippen LogP contribution in [0.2, 0.25) is 5.02 Å². The maximum atomic E-state index is 5.88. The van der Waals surface area contributed by atoms with E-state index in [1.54, 1.807) is 0 Å². The van der Waals surface area contributed by atoms with Crippen LogP contribution in [0.15, 0.2) is 30.3 Å². The Morgan fingerprint density at radius 2 is 1.75 bits per heavy atom. The van der Waals surface area contributed by atoms with E-state index in [1.165, 1.54) is 0 Å². The van der Waals surface area contributed by atoms with E-state index in [2.05, 4.69) is 34.0 Å². The monoisotopic (exact) mass is 290 g/mol. The molecule has 0 aliphatic rings. The van der Waals surface area contributed by atoms with Crippen molar-refractivity contribution in [1.82, 2.24) is 9.97 Å². The second kappa shape index (κ2) is 6.57. The molecule has 0 bridgehead atoms. The molecule has 1 aromatic heterocycles. The molecule has 0 radical (unpaired) electrons. The van der Waals surface area contributed by atoms with Crippen LogP contribution < -0.4 is 10.2 Å². The van der Waals surface area contributed by atoms with E-state index >= 15 is 0 Å². The molecular formula is C15H19ClN4. The zero-order valence-electron chi connectivity index (χ0n) is 12.0. The van der Waals surface area contributed by atoms with Crippen LogP contribution in [0.1, 0.15) is 19.5 Å². The summed E-state index contributed by atoms with van der Waals surface area (Å²) in [6, 6.07) is 9.49. The first-order chi connectivity index (χ1) is 9.62. The number of nitrogens with zero attached hydrogens (tertiary/aromatic N) is 3. The Bertz CT molecular complexity index is 565.